The van der Waals surface area contributed by atoms with Gasteiger partial charge in [0.2, 0.25) is 0 Å². The lowest BCUT2D eigenvalue weighted by Crippen LogP contribution is -2.58. The number of rotatable bonds is 2. The van der Waals surface area contributed by atoms with Crippen molar-refractivity contribution in [2.24, 2.45) is 0 Å². The van der Waals surface area contributed by atoms with Gasteiger partial charge in [-0.3, -0.25) is 10.2 Å². The van der Waals surface area contributed by atoms with E-state index in [0.29, 0.717) is 6.54 Å². The molecule has 1 N–H and O–H groups in total. The summed E-state index contributed by atoms with van der Waals surface area (Å²) < 4.78 is 63.9. The van der Waals surface area contributed by atoms with Crippen molar-refractivity contribution >= 4 is 9.84 Å². The number of nitrogens with zero attached hydrogens (tertiary/aromatic N) is 1. The van der Waals surface area contributed by atoms with Crippen LogP contribution in [-0.4, -0.2) is 44.4 Å². The molecule has 2 saturated heterocycles. The molecule has 2 fully saturated rings. The minimum Gasteiger partial charge on any atom is -0.298 e. The lowest BCUT2D eigenvalue weighted by molar-refractivity contribution is -0.137. The molecule has 0 aromatic heterocycles. The maximum atomic E-state index is 12.8. The molecule has 0 bridgehead atoms. The Balaban J connectivity index is 1.96. The van der Waals surface area contributed by atoms with E-state index < -0.39 is 27.0 Å². The van der Waals surface area contributed by atoms with E-state index in [2.05, 4.69) is 10.2 Å². The second-order valence-corrected chi connectivity index (χ2v) is 7.76. The van der Waals surface area contributed by atoms with Crippen molar-refractivity contribution in [3.05, 3.63) is 29.8 Å². The minimum absolute atomic E-state index is 0.159. The predicted octanol–water partition coefficient (Wildman–Crippen LogP) is 1.87. The maximum Gasteiger partial charge on any atom is 0.416 e. The lowest BCUT2D eigenvalue weighted by Gasteiger charge is -2.37. The third kappa shape index (κ3) is 2.75. The Morgan fingerprint density at radius 2 is 2.00 bits per heavy atom. The summed E-state index contributed by atoms with van der Waals surface area (Å²) in [4.78, 5) is 1.83. The van der Waals surface area contributed by atoms with Gasteiger partial charge in [0.1, 0.15) is 5.37 Å². The summed E-state index contributed by atoms with van der Waals surface area (Å²) in [5, 5.41) is 2.14. The maximum absolute atomic E-state index is 12.8. The van der Waals surface area contributed by atoms with E-state index in [4.69, 9.17) is 0 Å². The Morgan fingerprint density at radius 1 is 1.23 bits per heavy atom. The molecule has 0 amide bonds. The molecular weight excluding hydrogens is 317 g/mol. The van der Waals surface area contributed by atoms with Crippen LogP contribution in [0.3, 0.4) is 0 Å². The quantitative estimate of drug-likeness (QED) is 0.897. The molecule has 4 nitrogen and oxygen atoms in total. The third-order valence-corrected chi connectivity index (χ3v) is 6.39. The highest BCUT2D eigenvalue weighted by molar-refractivity contribution is 7.92. The molecule has 0 saturated carbocycles. The molecule has 2 unspecified atom stereocenters. The number of hydrogen-bond acceptors (Lipinski definition) is 4. The normalized spacial score (nSPS) is 26.9. The van der Waals surface area contributed by atoms with Crippen LogP contribution in [0.4, 0.5) is 13.2 Å². The Bertz CT molecular complexity index is 660. The summed E-state index contributed by atoms with van der Waals surface area (Å²) in [7, 11) is -3.85. The number of benzene rings is 1. The van der Waals surface area contributed by atoms with Crippen molar-refractivity contribution < 1.29 is 21.6 Å². The van der Waals surface area contributed by atoms with Crippen LogP contribution in [0, 0.1) is 0 Å². The second kappa shape index (κ2) is 5.50. The fourth-order valence-corrected chi connectivity index (χ4v) is 5.18. The molecule has 1 aromatic carbocycles. The van der Waals surface area contributed by atoms with E-state index in [0.717, 1.165) is 44.1 Å². The van der Waals surface area contributed by atoms with Gasteiger partial charge in [0, 0.05) is 19.1 Å². The van der Waals surface area contributed by atoms with E-state index >= 15 is 0 Å². The summed E-state index contributed by atoms with van der Waals surface area (Å²) in [5.41, 5.74) is -0.937. The molecule has 2 atom stereocenters. The molecule has 0 radical (unpaired) electrons. The van der Waals surface area contributed by atoms with Crippen molar-refractivity contribution in [1.82, 2.24) is 10.2 Å². The van der Waals surface area contributed by atoms with Crippen molar-refractivity contribution in [2.45, 2.75) is 35.3 Å². The molecule has 22 heavy (non-hydrogen) atoms. The van der Waals surface area contributed by atoms with Gasteiger partial charge >= 0.3 is 6.18 Å². The predicted molar refractivity (Wildman–Crippen MR) is 75.0 cm³/mol. The fraction of sp³-hybridized carbons (Fsp3) is 0.571. The summed E-state index contributed by atoms with van der Waals surface area (Å²) in [6, 6.07) is 3.83. The van der Waals surface area contributed by atoms with E-state index in [1.807, 2.05) is 0 Å². The summed E-state index contributed by atoms with van der Waals surface area (Å²) in [5.74, 6) is 0. The number of hydrogen-bond donors (Lipinski definition) is 1. The third-order valence-electron chi connectivity index (χ3n) is 4.33. The molecular formula is C14H17F3N2O2S. The van der Waals surface area contributed by atoms with Gasteiger partial charge in [0.05, 0.1) is 10.5 Å². The monoisotopic (exact) mass is 334 g/mol. The number of sulfone groups is 1. The standard InChI is InChI=1S/C14H17F3N2O2S/c15-14(16,17)10-3-1-4-11(9-10)22(20,21)13-12-5-2-7-19(12)8-6-18-13/h1,3-4,9,12-13,18H,2,5-8H2. The van der Waals surface area contributed by atoms with Gasteiger partial charge < -0.3 is 0 Å². The molecule has 8 heteroatoms. The zero-order valence-corrected chi connectivity index (χ0v) is 12.6. The van der Waals surface area contributed by atoms with E-state index in [1.165, 1.54) is 6.07 Å². The summed E-state index contributed by atoms with van der Waals surface area (Å²) >= 11 is 0. The van der Waals surface area contributed by atoms with Crippen molar-refractivity contribution in [3.63, 3.8) is 0 Å². The van der Waals surface area contributed by atoms with Crippen LogP contribution >= 0.6 is 0 Å². The molecule has 122 valence electrons. The van der Waals surface area contributed by atoms with Gasteiger partial charge in [0.25, 0.3) is 0 Å². The van der Waals surface area contributed by atoms with Gasteiger partial charge in [-0.1, -0.05) is 6.07 Å². The fourth-order valence-electron chi connectivity index (χ4n) is 3.27. The van der Waals surface area contributed by atoms with E-state index in [9.17, 15) is 21.6 Å². The van der Waals surface area contributed by atoms with Crippen LogP contribution < -0.4 is 5.32 Å². The Hall–Kier alpha value is -1.12. The largest absolute Gasteiger partial charge is 0.416 e. The first kappa shape index (κ1) is 15.8. The van der Waals surface area contributed by atoms with Crippen LogP contribution in [0.1, 0.15) is 18.4 Å². The first-order chi connectivity index (χ1) is 10.3. The molecule has 2 heterocycles. The number of alkyl halides is 3. The zero-order valence-electron chi connectivity index (χ0n) is 11.8. The van der Waals surface area contributed by atoms with Gasteiger partial charge in [-0.25, -0.2) is 8.42 Å². The first-order valence-corrected chi connectivity index (χ1v) is 8.73. The number of nitrogens with one attached hydrogen (secondary N) is 1. The lowest BCUT2D eigenvalue weighted by atomic mass is 10.2. The van der Waals surface area contributed by atoms with E-state index in [-0.39, 0.29) is 10.9 Å². The van der Waals surface area contributed by atoms with Crippen LogP contribution in [0.15, 0.2) is 29.2 Å². The average Bonchev–Trinajstić information content (AvgIpc) is 2.94. The van der Waals surface area contributed by atoms with Gasteiger partial charge in [-0.05, 0) is 37.6 Å². The number of piperazine rings is 1. The SMILES string of the molecule is O=S(=O)(c1cccc(C(F)(F)F)c1)C1NCCN2CCCC12. The van der Waals surface area contributed by atoms with E-state index in [1.54, 1.807) is 0 Å². The molecule has 0 aliphatic carbocycles. The molecule has 1 aromatic rings. The van der Waals surface area contributed by atoms with Crippen molar-refractivity contribution in [3.8, 4) is 0 Å². The van der Waals surface area contributed by atoms with Crippen molar-refractivity contribution in [1.29, 1.82) is 0 Å². The van der Waals surface area contributed by atoms with Gasteiger partial charge in [0.15, 0.2) is 9.84 Å². The summed E-state index contributed by atoms with van der Waals surface area (Å²) in [6.07, 6.45) is -2.89. The molecule has 2 aliphatic rings. The Labute approximate surface area is 127 Å². The second-order valence-electron chi connectivity index (χ2n) is 5.69. The highest BCUT2D eigenvalue weighted by atomic mass is 32.2. The van der Waals surface area contributed by atoms with Crippen LogP contribution in [-0.2, 0) is 16.0 Å². The van der Waals surface area contributed by atoms with Crippen molar-refractivity contribution in [2.75, 3.05) is 19.6 Å². The number of halogens is 3. The average molecular weight is 334 g/mol. The van der Waals surface area contributed by atoms with Gasteiger partial charge in [-0.15, -0.1) is 0 Å². The first-order valence-electron chi connectivity index (χ1n) is 7.19. The number of fused-ring (bicyclic) bond motifs is 1. The van der Waals surface area contributed by atoms with Gasteiger partial charge in [-0.2, -0.15) is 13.2 Å². The van der Waals surface area contributed by atoms with Crippen LogP contribution in [0.5, 0.6) is 0 Å². The van der Waals surface area contributed by atoms with Crippen LogP contribution in [0.25, 0.3) is 0 Å². The highest BCUT2D eigenvalue weighted by Crippen LogP contribution is 2.33. The summed E-state index contributed by atoms with van der Waals surface area (Å²) in [6.45, 7) is 2.15. The Kier molecular flexibility index (Phi) is 3.94. The van der Waals surface area contributed by atoms with Crippen LogP contribution in [0.2, 0.25) is 0 Å². The molecule has 3 rings (SSSR count). The topological polar surface area (TPSA) is 49.4 Å². The minimum atomic E-state index is -4.55. The zero-order chi connectivity index (χ0) is 16.0. The Morgan fingerprint density at radius 3 is 2.73 bits per heavy atom. The smallest absolute Gasteiger partial charge is 0.298 e. The highest BCUT2D eigenvalue weighted by Gasteiger charge is 2.43. The molecule has 0 spiro atoms. The molecule has 2 aliphatic heterocycles.